The second-order valence-corrected chi connectivity index (χ2v) is 4.41. The molecule has 2 rings (SSSR count). The summed E-state index contributed by atoms with van der Waals surface area (Å²) in [5, 5.41) is 1.83. The highest BCUT2D eigenvalue weighted by Gasteiger charge is 2.18. The number of halogens is 4. The van der Waals surface area contributed by atoms with E-state index in [1.807, 2.05) is 5.43 Å². The van der Waals surface area contributed by atoms with Crippen molar-refractivity contribution in [2.24, 2.45) is 5.84 Å². The van der Waals surface area contributed by atoms with Crippen molar-refractivity contribution in [2.75, 3.05) is 10.7 Å². The van der Waals surface area contributed by atoms with E-state index in [2.05, 4.69) is 5.32 Å². The Kier molecular flexibility index (Phi) is 4.35. The molecule has 2 aromatic rings. The van der Waals surface area contributed by atoms with Crippen molar-refractivity contribution in [1.82, 2.24) is 0 Å². The zero-order valence-electron chi connectivity index (χ0n) is 10.4. The van der Waals surface area contributed by atoms with E-state index in [1.54, 1.807) is 0 Å². The summed E-state index contributed by atoms with van der Waals surface area (Å²) in [6.45, 7) is 0. The van der Waals surface area contributed by atoms with Gasteiger partial charge in [-0.1, -0.05) is 17.7 Å². The number of nitrogens with one attached hydrogen (secondary N) is 2. The third-order valence-electron chi connectivity index (χ3n) is 2.65. The SMILES string of the molecule is NNc1c(F)cccc1C(=O)Nc1c(F)cc(F)cc1Cl. The molecule has 8 heteroatoms. The molecular formula is C13H9ClF3N3O. The second-order valence-electron chi connectivity index (χ2n) is 4.01. The van der Waals surface area contributed by atoms with Crippen molar-refractivity contribution < 1.29 is 18.0 Å². The third-order valence-corrected chi connectivity index (χ3v) is 2.95. The number of hydrazine groups is 1. The first-order valence-corrected chi connectivity index (χ1v) is 6.03. The van der Waals surface area contributed by atoms with Gasteiger partial charge in [0.25, 0.3) is 5.91 Å². The molecule has 0 aliphatic rings. The van der Waals surface area contributed by atoms with Crippen LogP contribution in [-0.4, -0.2) is 5.91 Å². The molecule has 4 nitrogen and oxygen atoms in total. The summed E-state index contributed by atoms with van der Waals surface area (Å²) in [4.78, 5) is 12.0. The van der Waals surface area contributed by atoms with Crippen LogP contribution < -0.4 is 16.6 Å². The summed E-state index contributed by atoms with van der Waals surface area (Å²) in [7, 11) is 0. The van der Waals surface area contributed by atoms with Gasteiger partial charge < -0.3 is 10.7 Å². The Morgan fingerprint density at radius 2 is 1.81 bits per heavy atom. The van der Waals surface area contributed by atoms with Crippen LogP contribution in [0.5, 0.6) is 0 Å². The number of nitrogen functional groups attached to an aromatic ring is 1. The summed E-state index contributed by atoms with van der Waals surface area (Å²) in [5.74, 6) is 1.60. The van der Waals surface area contributed by atoms with Gasteiger partial charge in [0.1, 0.15) is 11.6 Å². The Morgan fingerprint density at radius 1 is 1.10 bits per heavy atom. The number of carbonyl (C=O) groups is 1. The normalized spacial score (nSPS) is 10.3. The molecule has 0 atom stereocenters. The molecule has 0 aromatic heterocycles. The van der Waals surface area contributed by atoms with Crippen LogP contribution in [0.1, 0.15) is 10.4 Å². The molecule has 0 spiro atoms. The van der Waals surface area contributed by atoms with E-state index < -0.39 is 29.0 Å². The highest BCUT2D eigenvalue weighted by Crippen LogP contribution is 2.28. The number of rotatable bonds is 3. The van der Waals surface area contributed by atoms with Crippen molar-refractivity contribution in [3.8, 4) is 0 Å². The fourth-order valence-corrected chi connectivity index (χ4v) is 1.94. The number of benzene rings is 2. The lowest BCUT2D eigenvalue weighted by Gasteiger charge is -2.12. The zero-order valence-corrected chi connectivity index (χ0v) is 11.1. The molecule has 0 aliphatic carbocycles. The Labute approximate surface area is 122 Å². The minimum absolute atomic E-state index is 0.155. The van der Waals surface area contributed by atoms with E-state index in [0.29, 0.717) is 6.07 Å². The summed E-state index contributed by atoms with van der Waals surface area (Å²) >= 11 is 5.66. The van der Waals surface area contributed by atoms with Gasteiger partial charge in [-0.3, -0.25) is 10.6 Å². The van der Waals surface area contributed by atoms with Crippen LogP contribution in [-0.2, 0) is 0 Å². The molecule has 0 bridgehead atoms. The number of carbonyl (C=O) groups excluding carboxylic acids is 1. The molecule has 0 fully saturated rings. The number of hydrogen-bond donors (Lipinski definition) is 3. The van der Waals surface area contributed by atoms with E-state index >= 15 is 0 Å². The highest BCUT2D eigenvalue weighted by atomic mass is 35.5. The van der Waals surface area contributed by atoms with Crippen LogP contribution in [0.2, 0.25) is 5.02 Å². The molecule has 21 heavy (non-hydrogen) atoms. The van der Waals surface area contributed by atoms with Gasteiger partial charge in [0, 0.05) is 6.07 Å². The number of nitrogens with two attached hydrogens (primary N) is 1. The van der Waals surface area contributed by atoms with Gasteiger partial charge in [-0.05, 0) is 18.2 Å². The molecule has 0 saturated heterocycles. The molecule has 0 aliphatic heterocycles. The van der Waals surface area contributed by atoms with Crippen LogP contribution in [0, 0.1) is 17.5 Å². The fourth-order valence-electron chi connectivity index (χ4n) is 1.70. The van der Waals surface area contributed by atoms with Crippen molar-refractivity contribution in [3.05, 3.63) is 58.4 Å². The Hall–Kier alpha value is -2.25. The number of amides is 1. The Bertz CT molecular complexity index is 686. The minimum atomic E-state index is -1.05. The lowest BCUT2D eigenvalue weighted by atomic mass is 10.1. The molecular weight excluding hydrogens is 307 g/mol. The van der Waals surface area contributed by atoms with E-state index in [1.165, 1.54) is 12.1 Å². The first-order valence-electron chi connectivity index (χ1n) is 5.65. The molecule has 4 N–H and O–H groups in total. The monoisotopic (exact) mass is 315 g/mol. The van der Waals surface area contributed by atoms with Crippen LogP contribution >= 0.6 is 11.6 Å². The lowest BCUT2D eigenvalue weighted by Crippen LogP contribution is -2.19. The molecule has 0 unspecified atom stereocenters. The van der Waals surface area contributed by atoms with Crippen LogP contribution in [0.15, 0.2) is 30.3 Å². The summed E-state index contributed by atoms with van der Waals surface area (Å²) in [6, 6.07) is 5.07. The summed E-state index contributed by atoms with van der Waals surface area (Å²) in [5.41, 5.74) is 1.23. The predicted octanol–water partition coefficient (Wildman–Crippen LogP) is 3.30. The minimum Gasteiger partial charge on any atom is -0.321 e. The standard InChI is InChI=1S/C13H9ClF3N3O/c14-8-4-6(15)5-10(17)12(8)19-13(21)7-2-1-3-9(16)11(7)20-18/h1-5,20H,18H2,(H,19,21). The van der Waals surface area contributed by atoms with Gasteiger partial charge in [0.05, 0.1) is 22.0 Å². The number of para-hydroxylation sites is 1. The average molecular weight is 316 g/mol. The smallest absolute Gasteiger partial charge is 0.258 e. The van der Waals surface area contributed by atoms with E-state index in [-0.39, 0.29) is 16.3 Å². The first-order chi connectivity index (χ1) is 9.93. The molecule has 2 aromatic carbocycles. The van der Waals surface area contributed by atoms with Gasteiger partial charge >= 0.3 is 0 Å². The molecule has 0 saturated carbocycles. The van der Waals surface area contributed by atoms with E-state index in [4.69, 9.17) is 17.4 Å². The third kappa shape index (κ3) is 3.09. The number of hydrogen-bond acceptors (Lipinski definition) is 3. The van der Waals surface area contributed by atoms with Crippen molar-refractivity contribution in [1.29, 1.82) is 0 Å². The predicted molar refractivity (Wildman–Crippen MR) is 73.5 cm³/mol. The van der Waals surface area contributed by atoms with Crippen molar-refractivity contribution in [3.63, 3.8) is 0 Å². The van der Waals surface area contributed by atoms with Gasteiger partial charge in [-0.15, -0.1) is 0 Å². The van der Waals surface area contributed by atoms with Gasteiger partial charge in [0.2, 0.25) is 0 Å². The molecule has 0 radical (unpaired) electrons. The summed E-state index contributed by atoms with van der Waals surface area (Å²) < 4.78 is 40.0. The average Bonchev–Trinajstić information content (AvgIpc) is 2.42. The Balaban J connectivity index is 2.38. The molecule has 110 valence electrons. The quantitative estimate of drug-likeness (QED) is 0.601. The first kappa shape index (κ1) is 15.1. The van der Waals surface area contributed by atoms with Gasteiger partial charge in [-0.25, -0.2) is 13.2 Å². The van der Waals surface area contributed by atoms with E-state index in [0.717, 1.165) is 12.1 Å². The maximum atomic E-state index is 13.6. The second kappa shape index (κ2) is 6.02. The van der Waals surface area contributed by atoms with Crippen LogP contribution in [0.3, 0.4) is 0 Å². The number of anilines is 2. The van der Waals surface area contributed by atoms with Crippen LogP contribution in [0.25, 0.3) is 0 Å². The molecule has 1 amide bonds. The summed E-state index contributed by atoms with van der Waals surface area (Å²) in [6.07, 6.45) is 0. The topological polar surface area (TPSA) is 67.1 Å². The van der Waals surface area contributed by atoms with Crippen molar-refractivity contribution >= 4 is 28.9 Å². The Morgan fingerprint density at radius 3 is 2.43 bits per heavy atom. The lowest BCUT2D eigenvalue weighted by molar-refractivity contribution is 0.102. The largest absolute Gasteiger partial charge is 0.321 e. The van der Waals surface area contributed by atoms with Gasteiger partial charge in [0.15, 0.2) is 5.82 Å². The van der Waals surface area contributed by atoms with Crippen LogP contribution in [0.4, 0.5) is 24.5 Å². The maximum absolute atomic E-state index is 13.6. The molecule has 0 heterocycles. The fraction of sp³-hybridized carbons (Fsp3) is 0. The zero-order chi connectivity index (χ0) is 15.6. The van der Waals surface area contributed by atoms with Gasteiger partial charge in [-0.2, -0.15) is 0 Å². The highest BCUT2D eigenvalue weighted by molar-refractivity contribution is 6.34. The maximum Gasteiger partial charge on any atom is 0.258 e. The van der Waals surface area contributed by atoms with E-state index in [9.17, 15) is 18.0 Å². The van der Waals surface area contributed by atoms with Crippen molar-refractivity contribution in [2.45, 2.75) is 0 Å².